The van der Waals surface area contributed by atoms with Crippen molar-refractivity contribution >= 4 is 27.1 Å². The number of nitrogens with zero attached hydrogens (tertiary/aromatic N) is 6. The third kappa shape index (κ3) is 5.22. The number of fused-ring (bicyclic) bond motifs is 1. The quantitative estimate of drug-likeness (QED) is 0.323. The van der Waals surface area contributed by atoms with Crippen molar-refractivity contribution in [2.45, 2.75) is 36.1 Å². The lowest BCUT2D eigenvalue weighted by atomic mass is 10.1. The molecule has 1 amide bonds. The molecule has 200 valence electrons. The number of aromatic nitrogens is 5. The Bertz CT molecular complexity index is 1600. The highest BCUT2D eigenvalue weighted by Crippen LogP contribution is 2.40. The van der Waals surface area contributed by atoms with E-state index in [9.17, 15) is 22.0 Å². The van der Waals surface area contributed by atoms with Crippen LogP contribution in [0.1, 0.15) is 23.2 Å². The van der Waals surface area contributed by atoms with Crippen molar-refractivity contribution in [3.8, 4) is 17.0 Å². The molecule has 1 fully saturated rings. The van der Waals surface area contributed by atoms with Gasteiger partial charge >= 0.3 is 6.61 Å². The fourth-order valence-electron chi connectivity index (χ4n) is 3.95. The van der Waals surface area contributed by atoms with Gasteiger partial charge < -0.3 is 15.0 Å². The molecule has 0 aliphatic heterocycles. The predicted octanol–water partition coefficient (Wildman–Crippen LogP) is 2.94. The van der Waals surface area contributed by atoms with E-state index in [2.05, 4.69) is 20.5 Å². The second-order valence-corrected chi connectivity index (χ2v) is 11.4. The van der Waals surface area contributed by atoms with Crippen LogP contribution in [0, 0.1) is 0 Å². The molecular weight excluding hydrogens is 520 g/mol. The summed E-state index contributed by atoms with van der Waals surface area (Å²) in [6.45, 7) is -2.14. The highest BCUT2D eigenvalue weighted by Gasteiger charge is 2.37. The van der Waals surface area contributed by atoms with Gasteiger partial charge in [0.25, 0.3) is 5.91 Å². The molecule has 1 N–H and O–H groups in total. The standard InChI is InChI=1S/C24H25F2N7O4S/c1-31(2)10-11-32-14-19(29-23(34)18-13-28-33-9-3-8-27-22(18)33)21(30-32)17-12-16(38(35,36)15-4-5-15)6-7-20(17)37-24(25)26/h3,6-9,12-15,24H,4-5,10-11H2,1-2H3,(H,29,34). The Kier molecular flexibility index (Phi) is 6.84. The topological polar surface area (TPSA) is 124 Å². The number of likely N-dealkylation sites (N-methyl/N-ethyl adjacent to an activating group) is 1. The average Bonchev–Trinajstić information content (AvgIpc) is 3.54. The molecule has 0 unspecified atom stereocenters. The summed E-state index contributed by atoms with van der Waals surface area (Å²) in [6.07, 6.45) is 7.18. The first kappa shape index (κ1) is 25.7. The molecule has 0 bridgehead atoms. The summed E-state index contributed by atoms with van der Waals surface area (Å²) in [4.78, 5) is 19.3. The lowest BCUT2D eigenvalue weighted by Gasteiger charge is -2.13. The highest BCUT2D eigenvalue weighted by atomic mass is 32.2. The van der Waals surface area contributed by atoms with Crippen LogP contribution in [0.2, 0.25) is 0 Å². The monoisotopic (exact) mass is 545 g/mol. The van der Waals surface area contributed by atoms with Crippen molar-refractivity contribution in [3.05, 3.63) is 54.6 Å². The van der Waals surface area contributed by atoms with Crippen LogP contribution in [-0.4, -0.2) is 76.1 Å². The summed E-state index contributed by atoms with van der Waals surface area (Å²) in [7, 11) is 0.119. The van der Waals surface area contributed by atoms with Crippen LogP contribution in [-0.2, 0) is 16.4 Å². The number of carbonyl (C=O) groups excluding carboxylic acids is 1. The first-order valence-electron chi connectivity index (χ1n) is 11.8. The average molecular weight is 546 g/mol. The van der Waals surface area contributed by atoms with Crippen LogP contribution in [0.4, 0.5) is 14.5 Å². The molecule has 3 aromatic heterocycles. The van der Waals surface area contributed by atoms with E-state index in [1.165, 1.54) is 35.1 Å². The van der Waals surface area contributed by atoms with Crippen LogP contribution in [0.3, 0.4) is 0 Å². The highest BCUT2D eigenvalue weighted by molar-refractivity contribution is 7.92. The number of alkyl halides is 2. The molecule has 14 heteroatoms. The minimum atomic E-state index is -3.64. The van der Waals surface area contributed by atoms with Gasteiger partial charge in [-0.3, -0.25) is 9.48 Å². The van der Waals surface area contributed by atoms with Crippen molar-refractivity contribution in [1.82, 2.24) is 29.3 Å². The fourth-order valence-corrected chi connectivity index (χ4v) is 5.63. The molecule has 1 aliphatic carbocycles. The smallest absolute Gasteiger partial charge is 0.387 e. The molecule has 11 nitrogen and oxygen atoms in total. The number of anilines is 1. The summed E-state index contributed by atoms with van der Waals surface area (Å²) >= 11 is 0. The maximum Gasteiger partial charge on any atom is 0.387 e. The summed E-state index contributed by atoms with van der Waals surface area (Å²) in [5.41, 5.74) is 0.801. The molecule has 0 atom stereocenters. The molecule has 0 spiro atoms. The van der Waals surface area contributed by atoms with E-state index in [0.29, 0.717) is 31.6 Å². The maximum absolute atomic E-state index is 13.3. The number of benzene rings is 1. The molecular formula is C24H25F2N7O4S. The summed E-state index contributed by atoms with van der Waals surface area (Å²) in [6, 6.07) is 5.38. The molecule has 5 rings (SSSR count). The van der Waals surface area contributed by atoms with Gasteiger partial charge in [0.2, 0.25) is 0 Å². The van der Waals surface area contributed by atoms with E-state index in [0.717, 1.165) is 0 Å². The third-order valence-electron chi connectivity index (χ3n) is 6.02. The van der Waals surface area contributed by atoms with Gasteiger partial charge in [-0.2, -0.15) is 19.0 Å². The SMILES string of the molecule is CN(C)CCn1cc(NC(=O)c2cnn3cccnc23)c(-c2cc(S(=O)(=O)C3CC3)ccc2OC(F)F)n1. The van der Waals surface area contributed by atoms with Crippen molar-refractivity contribution in [1.29, 1.82) is 0 Å². The van der Waals surface area contributed by atoms with Crippen molar-refractivity contribution in [2.24, 2.45) is 0 Å². The minimum Gasteiger partial charge on any atom is -0.434 e. The Hall–Kier alpha value is -3.91. The van der Waals surface area contributed by atoms with Crippen LogP contribution >= 0.6 is 0 Å². The van der Waals surface area contributed by atoms with Gasteiger partial charge in [-0.1, -0.05) is 0 Å². The first-order chi connectivity index (χ1) is 18.1. The lowest BCUT2D eigenvalue weighted by Crippen LogP contribution is -2.18. The molecule has 3 heterocycles. The van der Waals surface area contributed by atoms with E-state index in [4.69, 9.17) is 4.74 Å². The minimum absolute atomic E-state index is 0.0175. The van der Waals surface area contributed by atoms with Crippen molar-refractivity contribution < 1.29 is 26.7 Å². The number of rotatable bonds is 10. The van der Waals surface area contributed by atoms with Gasteiger partial charge in [0.15, 0.2) is 15.5 Å². The van der Waals surface area contributed by atoms with E-state index in [-0.39, 0.29) is 33.2 Å². The Morgan fingerprint density at radius 1 is 1.29 bits per heavy atom. The Morgan fingerprint density at radius 2 is 2.08 bits per heavy atom. The number of nitrogens with one attached hydrogen (secondary N) is 1. The summed E-state index contributed by atoms with van der Waals surface area (Å²) < 4.78 is 60.2. The van der Waals surface area contributed by atoms with Gasteiger partial charge in [-0.15, -0.1) is 0 Å². The normalized spacial score (nSPS) is 13.9. The third-order valence-corrected chi connectivity index (χ3v) is 8.28. The number of amides is 1. The lowest BCUT2D eigenvalue weighted by molar-refractivity contribution is -0.0494. The predicted molar refractivity (Wildman–Crippen MR) is 134 cm³/mol. The second-order valence-electron chi connectivity index (χ2n) is 9.14. The van der Waals surface area contributed by atoms with Crippen LogP contribution in [0.25, 0.3) is 16.9 Å². The molecule has 4 aromatic rings. The number of ether oxygens (including phenoxy) is 1. The Labute approximate surface area is 216 Å². The van der Waals surface area contributed by atoms with Gasteiger partial charge in [0, 0.05) is 30.7 Å². The molecule has 0 saturated heterocycles. The largest absolute Gasteiger partial charge is 0.434 e. The van der Waals surface area contributed by atoms with E-state index in [1.54, 1.807) is 23.1 Å². The zero-order valence-electron chi connectivity index (χ0n) is 20.6. The number of hydrogen-bond acceptors (Lipinski definition) is 8. The second kappa shape index (κ2) is 10.1. The number of carbonyl (C=O) groups is 1. The van der Waals surface area contributed by atoms with Gasteiger partial charge in [0.1, 0.15) is 17.0 Å². The van der Waals surface area contributed by atoms with Gasteiger partial charge in [-0.05, 0) is 51.2 Å². The van der Waals surface area contributed by atoms with E-state index >= 15 is 0 Å². The van der Waals surface area contributed by atoms with Crippen LogP contribution in [0.5, 0.6) is 5.75 Å². The van der Waals surface area contributed by atoms with Crippen molar-refractivity contribution in [2.75, 3.05) is 26.0 Å². The number of halogens is 2. The molecule has 0 radical (unpaired) electrons. The zero-order chi connectivity index (χ0) is 27.0. The van der Waals surface area contributed by atoms with Gasteiger partial charge in [-0.25, -0.2) is 17.9 Å². The molecule has 38 heavy (non-hydrogen) atoms. The fraction of sp³-hybridized carbons (Fsp3) is 0.333. The Morgan fingerprint density at radius 3 is 2.79 bits per heavy atom. The molecule has 1 aliphatic rings. The number of hydrogen-bond donors (Lipinski definition) is 1. The molecule has 1 aromatic carbocycles. The zero-order valence-corrected chi connectivity index (χ0v) is 21.4. The number of sulfone groups is 1. The molecule has 1 saturated carbocycles. The Balaban J connectivity index is 1.59. The maximum atomic E-state index is 13.3. The first-order valence-corrected chi connectivity index (χ1v) is 13.3. The van der Waals surface area contributed by atoms with Crippen molar-refractivity contribution in [3.63, 3.8) is 0 Å². The van der Waals surface area contributed by atoms with E-state index < -0.39 is 27.6 Å². The summed E-state index contributed by atoms with van der Waals surface area (Å²) in [5.74, 6) is -0.814. The van der Waals surface area contributed by atoms with E-state index in [1.807, 2.05) is 19.0 Å². The van der Waals surface area contributed by atoms with Gasteiger partial charge in [0.05, 0.1) is 28.6 Å². The summed E-state index contributed by atoms with van der Waals surface area (Å²) in [5, 5.41) is 10.9. The van der Waals surface area contributed by atoms with Crippen LogP contribution in [0.15, 0.2) is 53.9 Å². The van der Waals surface area contributed by atoms with Crippen LogP contribution < -0.4 is 10.1 Å².